The van der Waals surface area contributed by atoms with Crippen LogP contribution < -0.4 is 0 Å². The summed E-state index contributed by atoms with van der Waals surface area (Å²) < 4.78 is 0. The number of nitrogens with zero attached hydrogens (tertiary/aromatic N) is 1. The highest BCUT2D eigenvalue weighted by atomic mass is 35.5. The summed E-state index contributed by atoms with van der Waals surface area (Å²) in [5.74, 6) is 0. The van der Waals surface area contributed by atoms with Crippen LogP contribution in [0.4, 0.5) is 0 Å². The Balaban J connectivity index is 2.40. The number of pyridine rings is 1. The van der Waals surface area contributed by atoms with E-state index >= 15 is 0 Å². The lowest BCUT2D eigenvalue weighted by molar-refractivity contribution is 0.219. The van der Waals surface area contributed by atoms with Crippen molar-refractivity contribution in [1.29, 1.82) is 0 Å². The van der Waals surface area contributed by atoms with E-state index in [-0.39, 0.29) is 0 Å². The Bertz CT molecular complexity index is 543. The van der Waals surface area contributed by atoms with Gasteiger partial charge in [-0.2, -0.15) is 0 Å². The molecule has 1 atom stereocenters. The van der Waals surface area contributed by atoms with Crippen LogP contribution in [0.3, 0.4) is 0 Å². The van der Waals surface area contributed by atoms with Gasteiger partial charge in [-0.05, 0) is 30.7 Å². The molecule has 1 aromatic heterocycles. The van der Waals surface area contributed by atoms with Crippen molar-refractivity contribution in [3.8, 4) is 0 Å². The van der Waals surface area contributed by atoms with Crippen LogP contribution in [0.5, 0.6) is 0 Å². The lowest BCUT2D eigenvalue weighted by atomic mass is 10.0. The predicted octanol–water partition coefficient (Wildman–Crippen LogP) is 3.78. The van der Waals surface area contributed by atoms with Gasteiger partial charge in [-0.15, -0.1) is 0 Å². The first kappa shape index (κ1) is 12.4. The molecule has 88 valence electrons. The Hall–Kier alpha value is -1.09. The van der Waals surface area contributed by atoms with Crippen molar-refractivity contribution in [2.45, 2.75) is 13.0 Å². The zero-order valence-electron chi connectivity index (χ0n) is 9.19. The lowest BCUT2D eigenvalue weighted by Crippen LogP contribution is -2.03. The van der Waals surface area contributed by atoms with E-state index in [1.54, 1.807) is 30.5 Å². The third-order valence-corrected chi connectivity index (χ3v) is 3.34. The summed E-state index contributed by atoms with van der Waals surface area (Å²) in [5.41, 5.74) is 2.27. The van der Waals surface area contributed by atoms with Crippen LogP contribution in [-0.4, -0.2) is 10.1 Å². The fraction of sp³-hybridized carbons (Fsp3) is 0.154. The molecule has 1 aromatic carbocycles. The molecule has 0 aliphatic heterocycles. The van der Waals surface area contributed by atoms with Gasteiger partial charge in [0.25, 0.3) is 0 Å². The van der Waals surface area contributed by atoms with Crippen molar-refractivity contribution in [3.05, 3.63) is 63.4 Å². The SMILES string of the molecule is Cc1ncccc1C(O)c1ccc(Cl)c(Cl)c1. The minimum absolute atomic E-state index is 0.435. The van der Waals surface area contributed by atoms with Crippen LogP contribution in [0.2, 0.25) is 10.0 Å². The van der Waals surface area contributed by atoms with Gasteiger partial charge in [0, 0.05) is 17.5 Å². The molecule has 0 bridgehead atoms. The second-order valence-corrected chi connectivity index (χ2v) is 4.57. The number of halogens is 2. The monoisotopic (exact) mass is 267 g/mol. The fourth-order valence-corrected chi connectivity index (χ4v) is 1.95. The fourth-order valence-electron chi connectivity index (χ4n) is 1.65. The number of hydrogen-bond donors (Lipinski definition) is 1. The predicted molar refractivity (Wildman–Crippen MR) is 69.5 cm³/mol. The standard InChI is InChI=1S/C13H11Cl2NO/c1-8-10(3-2-6-16-8)13(17)9-4-5-11(14)12(15)7-9/h2-7,13,17H,1H3. The summed E-state index contributed by atoms with van der Waals surface area (Å²) in [6.07, 6.45) is 0.957. The highest BCUT2D eigenvalue weighted by Crippen LogP contribution is 2.29. The topological polar surface area (TPSA) is 33.1 Å². The molecule has 0 fully saturated rings. The first-order valence-corrected chi connectivity index (χ1v) is 5.89. The number of aliphatic hydroxyl groups excluding tert-OH is 1. The lowest BCUT2D eigenvalue weighted by Gasteiger charge is -2.13. The summed E-state index contributed by atoms with van der Waals surface area (Å²) in [7, 11) is 0. The molecule has 0 radical (unpaired) electrons. The van der Waals surface area contributed by atoms with Crippen LogP contribution in [0.25, 0.3) is 0 Å². The highest BCUT2D eigenvalue weighted by Gasteiger charge is 2.14. The minimum Gasteiger partial charge on any atom is -0.384 e. The Kier molecular flexibility index (Phi) is 3.67. The van der Waals surface area contributed by atoms with Crippen LogP contribution in [0, 0.1) is 6.92 Å². The van der Waals surface area contributed by atoms with E-state index in [0.717, 1.165) is 11.3 Å². The van der Waals surface area contributed by atoms with E-state index in [0.29, 0.717) is 15.6 Å². The number of rotatable bonds is 2. The smallest absolute Gasteiger partial charge is 0.106 e. The van der Waals surface area contributed by atoms with E-state index in [1.807, 2.05) is 13.0 Å². The van der Waals surface area contributed by atoms with E-state index in [2.05, 4.69) is 4.98 Å². The van der Waals surface area contributed by atoms with Gasteiger partial charge in [0.05, 0.1) is 10.0 Å². The van der Waals surface area contributed by atoms with Crippen LogP contribution in [-0.2, 0) is 0 Å². The number of aliphatic hydroxyl groups is 1. The van der Waals surface area contributed by atoms with Gasteiger partial charge in [0.2, 0.25) is 0 Å². The Morgan fingerprint density at radius 2 is 1.94 bits per heavy atom. The van der Waals surface area contributed by atoms with E-state index in [1.165, 1.54) is 0 Å². The number of aromatic nitrogens is 1. The quantitative estimate of drug-likeness (QED) is 0.899. The average molecular weight is 268 g/mol. The summed E-state index contributed by atoms with van der Waals surface area (Å²) in [6, 6.07) is 8.74. The summed E-state index contributed by atoms with van der Waals surface area (Å²) in [4.78, 5) is 4.15. The van der Waals surface area contributed by atoms with Crippen molar-refractivity contribution >= 4 is 23.2 Å². The zero-order chi connectivity index (χ0) is 12.4. The molecule has 0 saturated carbocycles. The maximum Gasteiger partial charge on any atom is 0.106 e. The minimum atomic E-state index is -0.738. The molecule has 1 N–H and O–H groups in total. The van der Waals surface area contributed by atoms with Gasteiger partial charge in [-0.25, -0.2) is 0 Å². The average Bonchev–Trinajstić information content (AvgIpc) is 2.32. The molecule has 17 heavy (non-hydrogen) atoms. The molecule has 0 amide bonds. The molecule has 2 nitrogen and oxygen atoms in total. The van der Waals surface area contributed by atoms with Crippen LogP contribution in [0.15, 0.2) is 36.5 Å². The Morgan fingerprint density at radius 3 is 2.59 bits per heavy atom. The maximum absolute atomic E-state index is 10.2. The molecule has 4 heteroatoms. The second-order valence-electron chi connectivity index (χ2n) is 3.75. The largest absolute Gasteiger partial charge is 0.384 e. The van der Waals surface area contributed by atoms with Crippen molar-refractivity contribution in [1.82, 2.24) is 4.98 Å². The molecule has 0 spiro atoms. The Labute approximate surface area is 110 Å². The van der Waals surface area contributed by atoms with Gasteiger partial charge in [-0.3, -0.25) is 4.98 Å². The van der Waals surface area contributed by atoms with Gasteiger partial charge in [0.1, 0.15) is 6.10 Å². The molecule has 0 saturated heterocycles. The van der Waals surface area contributed by atoms with E-state index in [4.69, 9.17) is 23.2 Å². The van der Waals surface area contributed by atoms with Crippen molar-refractivity contribution in [3.63, 3.8) is 0 Å². The first-order chi connectivity index (χ1) is 8.09. The molecular formula is C13H11Cl2NO. The van der Waals surface area contributed by atoms with Crippen LogP contribution in [0.1, 0.15) is 22.9 Å². The van der Waals surface area contributed by atoms with E-state index < -0.39 is 6.10 Å². The third-order valence-electron chi connectivity index (χ3n) is 2.60. The molecule has 1 heterocycles. The third kappa shape index (κ3) is 2.60. The number of hydrogen-bond acceptors (Lipinski definition) is 2. The first-order valence-electron chi connectivity index (χ1n) is 5.14. The second kappa shape index (κ2) is 5.05. The summed E-state index contributed by atoms with van der Waals surface area (Å²) >= 11 is 11.8. The van der Waals surface area contributed by atoms with Gasteiger partial charge in [0.15, 0.2) is 0 Å². The molecule has 1 unspecified atom stereocenters. The highest BCUT2D eigenvalue weighted by molar-refractivity contribution is 6.42. The van der Waals surface area contributed by atoms with E-state index in [9.17, 15) is 5.11 Å². The Morgan fingerprint density at radius 1 is 1.18 bits per heavy atom. The maximum atomic E-state index is 10.2. The molecular weight excluding hydrogens is 257 g/mol. The van der Waals surface area contributed by atoms with Gasteiger partial charge in [-0.1, -0.05) is 35.3 Å². The summed E-state index contributed by atoms with van der Waals surface area (Å²) in [5, 5.41) is 11.2. The number of aryl methyl sites for hydroxylation is 1. The molecule has 0 aliphatic carbocycles. The molecule has 0 aliphatic rings. The normalized spacial score (nSPS) is 12.5. The van der Waals surface area contributed by atoms with Crippen molar-refractivity contribution < 1.29 is 5.11 Å². The van der Waals surface area contributed by atoms with Gasteiger partial charge >= 0.3 is 0 Å². The molecule has 2 aromatic rings. The summed E-state index contributed by atoms with van der Waals surface area (Å²) in [6.45, 7) is 1.86. The van der Waals surface area contributed by atoms with Crippen molar-refractivity contribution in [2.24, 2.45) is 0 Å². The van der Waals surface area contributed by atoms with Crippen LogP contribution >= 0.6 is 23.2 Å². The van der Waals surface area contributed by atoms with Crippen molar-refractivity contribution in [2.75, 3.05) is 0 Å². The number of benzene rings is 1. The zero-order valence-corrected chi connectivity index (χ0v) is 10.7. The van der Waals surface area contributed by atoms with Gasteiger partial charge < -0.3 is 5.11 Å². The molecule has 2 rings (SSSR count).